The van der Waals surface area contributed by atoms with Crippen LogP contribution in [0.1, 0.15) is 5.56 Å². The normalized spacial score (nSPS) is 13.2. The van der Waals surface area contributed by atoms with Crippen molar-refractivity contribution in [3.05, 3.63) is 29.8 Å². The van der Waals surface area contributed by atoms with Crippen molar-refractivity contribution in [3.8, 4) is 5.75 Å². The maximum Gasteiger partial charge on any atom is 0.148 e. The first-order chi connectivity index (χ1) is 8.90. The molecule has 7 heteroatoms. The summed E-state index contributed by atoms with van der Waals surface area (Å²) in [4.78, 5) is 0. The summed E-state index contributed by atoms with van der Waals surface area (Å²) in [5, 5.41) is 0. The van der Waals surface area contributed by atoms with E-state index in [1.807, 2.05) is 18.2 Å². The third-order valence-electron chi connectivity index (χ3n) is 2.40. The Morgan fingerprint density at radius 3 is 2.68 bits per heavy atom. The molecule has 1 unspecified atom stereocenters. The lowest BCUT2D eigenvalue weighted by atomic mass is 10.2. The first-order valence-corrected chi connectivity index (χ1v) is 9.40. The highest BCUT2D eigenvalue weighted by molar-refractivity contribution is 7.92. The van der Waals surface area contributed by atoms with E-state index in [4.69, 9.17) is 10.5 Å². The summed E-state index contributed by atoms with van der Waals surface area (Å²) in [5.41, 5.74) is 6.48. The van der Waals surface area contributed by atoms with Gasteiger partial charge in [-0.25, -0.2) is 8.42 Å². The molecular weight excluding hydrogens is 286 g/mol. The Morgan fingerprint density at radius 2 is 2.05 bits per heavy atom. The highest BCUT2D eigenvalue weighted by Crippen LogP contribution is 2.12. The molecule has 0 saturated carbocycles. The molecule has 0 aromatic heterocycles. The van der Waals surface area contributed by atoms with Crippen molar-refractivity contribution in [2.45, 2.75) is 6.54 Å². The van der Waals surface area contributed by atoms with Gasteiger partial charge in [0.05, 0.1) is 18.1 Å². The monoisotopic (exact) mass is 305 g/mol. The van der Waals surface area contributed by atoms with E-state index < -0.39 is 20.6 Å². The van der Waals surface area contributed by atoms with Crippen molar-refractivity contribution < 1.29 is 17.4 Å². The van der Waals surface area contributed by atoms with Crippen molar-refractivity contribution >= 4 is 20.6 Å². The maximum absolute atomic E-state index is 11.5. The average molecular weight is 305 g/mol. The van der Waals surface area contributed by atoms with Gasteiger partial charge in [-0.3, -0.25) is 4.21 Å². The van der Waals surface area contributed by atoms with Gasteiger partial charge in [0.15, 0.2) is 0 Å². The summed E-state index contributed by atoms with van der Waals surface area (Å²) < 4.78 is 38.9. The number of hydrogen-bond acceptors (Lipinski definition) is 5. The van der Waals surface area contributed by atoms with Gasteiger partial charge in [-0.05, 0) is 17.7 Å². The Balaban J connectivity index is 2.31. The van der Waals surface area contributed by atoms with Gasteiger partial charge in [-0.2, -0.15) is 0 Å². The molecule has 1 aromatic carbocycles. The second-order valence-corrected chi connectivity index (χ2v) is 8.13. The second-order valence-electron chi connectivity index (χ2n) is 4.18. The molecule has 108 valence electrons. The summed E-state index contributed by atoms with van der Waals surface area (Å²) in [6.45, 7) is 0.738. The molecule has 0 radical (unpaired) electrons. The molecule has 0 heterocycles. The van der Waals surface area contributed by atoms with Crippen molar-refractivity contribution in [3.63, 3.8) is 0 Å². The van der Waals surface area contributed by atoms with Gasteiger partial charge in [-0.1, -0.05) is 12.1 Å². The molecule has 5 nitrogen and oxygen atoms in total. The molecule has 0 aliphatic rings. The Bertz CT molecular complexity index is 528. The van der Waals surface area contributed by atoms with Crippen LogP contribution in [0.2, 0.25) is 0 Å². The summed E-state index contributed by atoms with van der Waals surface area (Å²) in [6, 6.07) is 7.38. The van der Waals surface area contributed by atoms with Gasteiger partial charge >= 0.3 is 0 Å². The van der Waals surface area contributed by atoms with Crippen LogP contribution in [0.25, 0.3) is 0 Å². The van der Waals surface area contributed by atoms with Gasteiger partial charge in [0.1, 0.15) is 15.6 Å². The van der Waals surface area contributed by atoms with Crippen LogP contribution >= 0.6 is 0 Å². The summed E-state index contributed by atoms with van der Waals surface area (Å²) >= 11 is 0. The average Bonchev–Trinajstić information content (AvgIpc) is 2.36. The van der Waals surface area contributed by atoms with Crippen molar-refractivity contribution in [2.24, 2.45) is 5.73 Å². The van der Waals surface area contributed by atoms with Gasteiger partial charge in [0.25, 0.3) is 0 Å². The third kappa shape index (κ3) is 7.29. The fourth-order valence-corrected chi connectivity index (χ4v) is 3.79. The predicted octanol–water partition coefficient (Wildman–Crippen LogP) is 0.317. The lowest BCUT2D eigenvalue weighted by Gasteiger charge is -2.07. The number of ether oxygens (including phenoxy) is 1. The zero-order valence-corrected chi connectivity index (χ0v) is 12.5. The van der Waals surface area contributed by atoms with E-state index in [-0.39, 0.29) is 11.5 Å². The SMILES string of the molecule is CS(=O)(=O)CCS(=O)CCOc1cccc(CN)c1. The number of rotatable bonds is 8. The number of sulfone groups is 1. The molecule has 0 bridgehead atoms. The standard InChI is InChI=1S/C12H19NO4S2/c1-19(15,16)8-7-18(14)6-5-17-12-4-2-3-11(9-12)10-13/h2-4,9H,5-8,10,13H2,1H3. The topological polar surface area (TPSA) is 86.5 Å². The van der Waals surface area contributed by atoms with Crippen LogP contribution in [0.4, 0.5) is 0 Å². The van der Waals surface area contributed by atoms with E-state index in [0.29, 0.717) is 24.7 Å². The van der Waals surface area contributed by atoms with Gasteiger partial charge < -0.3 is 10.5 Å². The molecule has 1 aromatic rings. The highest BCUT2D eigenvalue weighted by atomic mass is 32.2. The smallest absolute Gasteiger partial charge is 0.148 e. The van der Waals surface area contributed by atoms with Crippen molar-refractivity contribution in [1.82, 2.24) is 0 Å². The number of nitrogens with two attached hydrogens (primary N) is 1. The Morgan fingerprint density at radius 1 is 1.32 bits per heavy atom. The van der Waals surface area contributed by atoms with Crippen LogP contribution in [0.5, 0.6) is 5.75 Å². The Labute approximate surface area is 116 Å². The lowest BCUT2D eigenvalue weighted by molar-refractivity contribution is 0.342. The second kappa shape index (κ2) is 7.62. The van der Waals surface area contributed by atoms with E-state index in [1.54, 1.807) is 6.07 Å². The zero-order chi connectivity index (χ0) is 14.3. The fraction of sp³-hybridized carbons (Fsp3) is 0.500. The molecule has 0 aliphatic heterocycles. The van der Waals surface area contributed by atoms with Crippen LogP contribution in [-0.2, 0) is 27.2 Å². The van der Waals surface area contributed by atoms with E-state index in [9.17, 15) is 12.6 Å². The molecule has 1 rings (SSSR count). The number of benzene rings is 1. The van der Waals surface area contributed by atoms with Crippen LogP contribution in [0.15, 0.2) is 24.3 Å². The molecular formula is C12H19NO4S2. The van der Waals surface area contributed by atoms with Gasteiger partial charge in [0.2, 0.25) is 0 Å². The quantitative estimate of drug-likeness (QED) is 0.747. The molecule has 0 spiro atoms. The lowest BCUT2D eigenvalue weighted by Crippen LogP contribution is -2.17. The minimum atomic E-state index is -3.05. The minimum absolute atomic E-state index is 0.0533. The molecule has 0 fully saturated rings. The summed E-state index contributed by atoms with van der Waals surface area (Å²) in [7, 11) is -4.23. The van der Waals surface area contributed by atoms with E-state index >= 15 is 0 Å². The molecule has 1 atom stereocenters. The first-order valence-electron chi connectivity index (χ1n) is 5.85. The van der Waals surface area contributed by atoms with Gasteiger partial charge in [0, 0.05) is 29.4 Å². The summed E-state index contributed by atoms with van der Waals surface area (Å²) in [5.74, 6) is 1.11. The number of hydrogen-bond donors (Lipinski definition) is 1. The first kappa shape index (κ1) is 16.1. The largest absolute Gasteiger partial charge is 0.493 e. The predicted molar refractivity (Wildman–Crippen MR) is 77.4 cm³/mol. The minimum Gasteiger partial charge on any atom is -0.493 e. The van der Waals surface area contributed by atoms with Gasteiger partial charge in [-0.15, -0.1) is 0 Å². The molecule has 19 heavy (non-hydrogen) atoms. The van der Waals surface area contributed by atoms with E-state index in [1.165, 1.54) is 0 Å². The zero-order valence-electron chi connectivity index (χ0n) is 10.9. The Hall–Kier alpha value is -0.920. The maximum atomic E-state index is 11.5. The highest BCUT2D eigenvalue weighted by Gasteiger charge is 2.07. The fourth-order valence-electron chi connectivity index (χ4n) is 1.36. The van der Waals surface area contributed by atoms with Crippen molar-refractivity contribution in [2.75, 3.05) is 30.1 Å². The molecule has 0 amide bonds. The van der Waals surface area contributed by atoms with E-state index in [0.717, 1.165) is 11.8 Å². The van der Waals surface area contributed by atoms with Crippen LogP contribution in [-0.4, -0.2) is 42.7 Å². The molecule has 0 saturated heterocycles. The van der Waals surface area contributed by atoms with Crippen LogP contribution < -0.4 is 10.5 Å². The summed E-state index contributed by atoms with van der Waals surface area (Å²) in [6.07, 6.45) is 1.14. The molecule has 2 N–H and O–H groups in total. The third-order valence-corrected chi connectivity index (χ3v) is 4.88. The van der Waals surface area contributed by atoms with E-state index in [2.05, 4.69) is 0 Å². The van der Waals surface area contributed by atoms with Crippen molar-refractivity contribution in [1.29, 1.82) is 0 Å². The van der Waals surface area contributed by atoms with Crippen LogP contribution in [0, 0.1) is 0 Å². The van der Waals surface area contributed by atoms with Crippen LogP contribution in [0.3, 0.4) is 0 Å². The molecule has 0 aliphatic carbocycles. The Kier molecular flexibility index (Phi) is 6.47.